The zero-order valence-electron chi connectivity index (χ0n) is 10.2. The average Bonchev–Trinajstić information content (AvgIpc) is 2.72. The second kappa shape index (κ2) is 5.04. The summed E-state index contributed by atoms with van der Waals surface area (Å²) in [7, 11) is 0. The van der Waals surface area contributed by atoms with E-state index in [-0.39, 0.29) is 5.91 Å². The van der Waals surface area contributed by atoms with Gasteiger partial charge in [-0.25, -0.2) is 4.79 Å². The quantitative estimate of drug-likeness (QED) is 0.831. The van der Waals surface area contributed by atoms with Gasteiger partial charge in [0.25, 0.3) is 0 Å². The SMILES string of the molecule is Cc1cc(/C=C/C(=O)O)cc(N2CCCC2=O)c1. The molecule has 94 valence electrons. The first-order chi connectivity index (χ1) is 8.56. The molecule has 1 aromatic rings. The lowest BCUT2D eigenvalue weighted by Crippen LogP contribution is -2.23. The van der Waals surface area contributed by atoms with Gasteiger partial charge < -0.3 is 10.0 Å². The van der Waals surface area contributed by atoms with Gasteiger partial charge in [-0.15, -0.1) is 0 Å². The maximum Gasteiger partial charge on any atom is 0.328 e. The molecule has 1 amide bonds. The molecule has 0 aromatic heterocycles. The third-order valence-electron chi connectivity index (χ3n) is 2.89. The molecule has 18 heavy (non-hydrogen) atoms. The summed E-state index contributed by atoms with van der Waals surface area (Å²) in [5, 5.41) is 8.62. The van der Waals surface area contributed by atoms with E-state index in [1.165, 1.54) is 0 Å². The molecular formula is C14H15NO3. The van der Waals surface area contributed by atoms with Crippen molar-refractivity contribution in [3.05, 3.63) is 35.4 Å². The van der Waals surface area contributed by atoms with E-state index in [4.69, 9.17) is 5.11 Å². The Balaban J connectivity index is 2.31. The van der Waals surface area contributed by atoms with Crippen LogP contribution in [0.3, 0.4) is 0 Å². The van der Waals surface area contributed by atoms with Crippen molar-refractivity contribution in [2.24, 2.45) is 0 Å². The number of aliphatic carboxylic acids is 1. The molecule has 0 unspecified atom stereocenters. The van der Waals surface area contributed by atoms with Gasteiger partial charge >= 0.3 is 5.97 Å². The predicted octanol–water partition coefficient (Wildman–Crippen LogP) is 2.22. The molecule has 1 fully saturated rings. The fraction of sp³-hybridized carbons (Fsp3) is 0.286. The Kier molecular flexibility index (Phi) is 3.46. The topological polar surface area (TPSA) is 57.6 Å². The second-order valence-electron chi connectivity index (χ2n) is 4.42. The van der Waals surface area contributed by atoms with E-state index in [2.05, 4.69) is 0 Å². The van der Waals surface area contributed by atoms with Crippen molar-refractivity contribution in [1.29, 1.82) is 0 Å². The minimum Gasteiger partial charge on any atom is -0.478 e. The van der Waals surface area contributed by atoms with E-state index in [1.807, 2.05) is 25.1 Å². The molecule has 0 saturated carbocycles. The van der Waals surface area contributed by atoms with Gasteiger partial charge in [0.1, 0.15) is 0 Å². The summed E-state index contributed by atoms with van der Waals surface area (Å²) in [6.45, 7) is 2.67. The van der Waals surface area contributed by atoms with E-state index < -0.39 is 5.97 Å². The lowest BCUT2D eigenvalue weighted by atomic mass is 10.1. The summed E-state index contributed by atoms with van der Waals surface area (Å²) in [4.78, 5) is 23.9. The molecule has 0 atom stereocenters. The molecule has 0 radical (unpaired) electrons. The van der Waals surface area contributed by atoms with Gasteiger partial charge in [0, 0.05) is 24.7 Å². The van der Waals surface area contributed by atoms with Crippen LogP contribution in [0, 0.1) is 6.92 Å². The molecule has 1 heterocycles. The number of rotatable bonds is 3. The van der Waals surface area contributed by atoms with E-state index in [9.17, 15) is 9.59 Å². The van der Waals surface area contributed by atoms with Gasteiger partial charge in [-0.1, -0.05) is 6.07 Å². The van der Waals surface area contributed by atoms with Crippen LogP contribution in [0.1, 0.15) is 24.0 Å². The van der Waals surface area contributed by atoms with Crippen molar-refractivity contribution in [2.75, 3.05) is 11.4 Å². The number of benzene rings is 1. The van der Waals surface area contributed by atoms with E-state index in [0.29, 0.717) is 6.42 Å². The van der Waals surface area contributed by atoms with Crippen molar-refractivity contribution in [2.45, 2.75) is 19.8 Å². The minimum atomic E-state index is -0.977. The molecule has 1 aromatic carbocycles. The maximum absolute atomic E-state index is 11.7. The standard InChI is InChI=1S/C14H15NO3/c1-10-7-11(4-5-14(17)18)9-12(8-10)15-6-2-3-13(15)16/h4-5,7-9H,2-3,6H2,1H3,(H,17,18)/b5-4+. The number of anilines is 1. The third kappa shape index (κ3) is 2.77. The second-order valence-corrected chi connectivity index (χ2v) is 4.42. The normalized spacial score (nSPS) is 15.6. The lowest BCUT2D eigenvalue weighted by Gasteiger charge is -2.17. The summed E-state index contributed by atoms with van der Waals surface area (Å²) in [5.74, 6) is -0.843. The molecule has 1 saturated heterocycles. The summed E-state index contributed by atoms with van der Waals surface area (Å²) < 4.78 is 0. The third-order valence-corrected chi connectivity index (χ3v) is 2.89. The number of amides is 1. The van der Waals surface area contributed by atoms with Crippen molar-refractivity contribution in [3.63, 3.8) is 0 Å². The molecule has 1 N–H and O–H groups in total. The Morgan fingerprint density at radius 2 is 2.17 bits per heavy atom. The van der Waals surface area contributed by atoms with Crippen molar-refractivity contribution < 1.29 is 14.7 Å². The van der Waals surface area contributed by atoms with Gasteiger partial charge in [-0.2, -0.15) is 0 Å². The maximum atomic E-state index is 11.7. The largest absolute Gasteiger partial charge is 0.478 e. The highest BCUT2D eigenvalue weighted by Gasteiger charge is 2.21. The molecule has 0 spiro atoms. The number of nitrogens with zero attached hydrogens (tertiary/aromatic N) is 1. The Bertz CT molecular complexity index is 520. The number of carboxylic acid groups (broad SMARTS) is 1. The first-order valence-corrected chi connectivity index (χ1v) is 5.89. The molecule has 4 heteroatoms. The highest BCUT2D eigenvalue weighted by molar-refractivity contribution is 5.95. The van der Waals surface area contributed by atoms with Gasteiger partial charge in [-0.3, -0.25) is 4.79 Å². The molecule has 2 rings (SSSR count). The van der Waals surface area contributed by atoms with Crippen LogP contribution >= 0.6 is 0 Å². The fourth-order valence-corrected chi connectivity index (χ4v) is 2.13. The average molecular weight is 245 g/mol. The molecule has 0 aliphatic carbocycles. The highest BCUT2D eigenvalue weighted by Crippen LogP contribution is 2.24. The first kappa shape index (κ1) is 12.4. The zero-order chi connectivity index (χ0) is 13.1. The minimum absolute atomic E-state index is 0.133. The Hall–Kier alpha value is -2.10. The highest BCUT2D eigenvalue weighted by atomic mass is 16.4. The summed E-state index contributed by atoms with van der Waals surface area (Å²) in [6.07, 6.45) is 4.12. The summed E-state index contributed by atoms with van der Waals surface area (Å²) in [6, 6.07) is 5.68. The number of carbonyl (C=O) groups is 2. The zero-order valence-corrected chi connectivity index (χ0v) is 10.2. The van der Waals surface area contributed by atoms with Gasteiger partial charge in [0.15, 0.2) is 0 Å². The monoisotopic (exact) mass is 245 g/mol. The first-order valence-electron chi connectivity index (χ1n) is 5.89. The molecule has 1 aliphatic rings. The van der Waals surface area contributed by atoms with Gasteiger partial charge in [0.2, 0.25) is 5.91 Å². The van der Waals surface area contributed by atoms with Crippen molar-refractivity contribution in [3.8, 4) is 0 Å². The Morgan fingerprint density at radius 3 is 2.78 bits per heavy atom. The molecular weight excluding hydrogens is 230 g/mol. The van der Waals surface area contributed by atoms with Crippen LogP contribution < -0.4 is 4.90 Å². The smallest absolute Gasteiger partial charge is 0.328 e. The van der Waals surface area contributed by atoms with Crippen LogP contribution in [-0.4, -0.2) is 23.5 Å². The van der Waals surface area contributed by atoms with Crippen molar-refractivity contribution in [1.82, 2.24) is 0 Å². The number of hydrogen-bond donors (Lipinski definition) is 1. The van der Waals surface area contributed by atoms with Crippen molar-refractivity contribution >= 4 is 23.6 Å². The molecule has 0 bridgehead atoms. The number of carbonyl (C=O) groups excluding carboxylic acids is 1. The van der Waals surface area contributed by atoms with E-state index in [0.717, 1.165) is 35.9 Å². The molecule has 4 nitrogen and oxygen atoms in total. The van der Waals surface area contributed by atoms with Gasteiger partial charge in [-0.05, 0) is 42.7 Å². The predicted molar refractivity (Wildman–Crippen MR) is 69.4 cm³/mol. The van der Waals surface area contributed by atoms with Crippen LogP contribution in [0.15, 0.2) is 24.3 Å². The number of aryl methyl sites for hydroxylation is 1. The van der Waals surface area contributed by atoms with Crippen LogP contribution in [-0.2, 0) is 9.59 Å². The number of carboxylic acids is 1. The fourth-order valence-electron chi connectivity index (χ4n) is 2.13. The van der Waals surface area contributed by atoms with Crippen LogP contribution in [0.4, 0.5) is 5.69 Å². The Labute approximate surface area is 106 Å². The van der Waals surface area contributed by atoms with Gasteiger partial charge in [0.05, 0.1) is 0 Å². The van der Waals surface area contributed by atoms with E-state index in [1.54, 1.807) is 11.0 Å². The molecule has 1 aliphatic heterocycles. The Morgan fingerprint density at radius 1 is 1.39 bits per heavy atom. The summed E-state index contributed by atoms with van der Waals surface area (Å²) in [5.41, 5.74) is 2.66. The van der Waals surface area contributed by atoms with Crippen LogP contribution in [0.5, 0.6) is 0 Å². The van der Waals surface area contributed by atoms with Crippen LogP contribution in [0.2, 0.25) is 0 Å². The van der Waals surface area contributed by atoms with Crippen LogP contribution in [0.25, 0.3) is 6.08 Å². The lowest BCUT2D eigenvalue weighted by molar-refractivity contribution is -0.131. The van der Waals surface area contributed by atoms with E-state index >= 15 is 0 Å². The summed E-state index contributed by atoms with van der Waals surface area (Å²) >= 11 is 0. The number of hydrogen-bond acceptors (Lipinski definition) is 2.